The summed E-state index contributed by atoms with van der Waals surface area (Å²) in [5.41, 5.74) is 0. The van der Waals surface area contributed by atoms with Gasteiger partial charge in [0.1, 0.15) is 0 Å². The van der Waals surface area contributed by atoms with Gasteiger partial charge in [-0.05, 0) is 39.3 Å². The van der Waals surface area contributed by atoms with Crippen LogP contribution in [0.1, 0.15) is 65.2 Å². The van der Waals surface area contributed by atoms with Crippen molar-refractivity contribution in [3.05, 3.63) is 0 Å². The molecule has 0 aromatic carbocycles. The van der Waals surface area contributed by atoms with Crippen molar-refractivity contribution in [3.63, 3.8) is 0 Å². The normalized spacial score (nSPS) is 21.0. The molecule has 2 nitrogen and oxygen atoms in total. The topological polar surface area (TPSA) is 15.3 Å². The van der Waals surface area contributed by atoms with E-state index in [1.807, 2.05) is 0 Å². The molecule has 0 aliphatic heterocycles. The van der Waals surface area contributed by atoms with Crippen molar-refractivity contribution in [2.45, 2.75) is 77.3 Å². The lowest BCUT2D eigenvalue weighted by Gasteiger charge is -2.30. The summed E-state index contributed by atoms with van der Waals surface area (Å²) in [6.45, 7) is 5.85. The Bertz CT molecular complexity index is 183. The van der Waals surface area contributed by atoms with Crippen LogP contribution in [0.3, 0.4) is 0 Å². The predicted octanol–water partition coefficient (Wildman–Crippen LogP) is 3.67. The molecule has 18 heavy (non-hydrogen) atoms. The zero-order valence-electron chi connectivity index (χ0n) is 13.0. The number of hydrogen-bond acceptors (Lipinski definition) is 2. The van der Waals surface area contributed by atoms with E-state index >= 15 is 0 Å². The molecule has 0 amide bonds. The molecule has 1 aliphatic rings. The van der Waals surface area contributed by atoms with Gasteiger partial charge in [-0.25, -0.2) is 0 Å². The fourth-order valence-electron chi connectivity index (χ4n) is 3.16. The lowest BCUT2D eigenvalue weighted by Crippen LogP contribution is -2.44. The summed E-state index contributed by atoms with van der Waals surface area (Å²) in [5, 5.41) is 3.94. The van der Waals surface area contributed by atoms with E-state index < -0.39 is 0 Å². The molecule has 1 atom stereocenters. The number of nitrogens with one attached hydrogen (secondary N) is 1. The molecule has 0 aromatic rings. The molecule has 0 saturated heterocycles. The van der Waals surface area contributed by atoms with Crippen LogP contribution in [0.25, 0.3) is 0 Å². The molecule has 1 aliphatic carbocycles. The average Bonchev–Trinajstić information content (AvgIpc) is 2.19. The van der Waals surface area contributed by atoms with Gasteiger partial charge in [-0.3, -0.25) is 0 Å². The van der Waals surface area contributed by atoms with Crippen molar-refractivity contribution < 1.29 is 0 Å². The van der Waals surface area contributed by atoms with Gasteiger partial charge in [0.2, 0.25) is 0 Å². The van der Waals surface area contributed by atoms with Gasteiger partial charge in [-0.1, -0.05) is 46.0 Å². The molecular formula is C16H34N2. The van der Waals surface area contributed by atoms with E-state index in [1.165, 1.54) is 57.9 Å². The number of hydrogen-bond donors (Lipinski definition) is 1. The molecule has 0 aromatic heterocycles. The highest BCUT2D eigenvalue weighted by atomic mass is 15.1. The smallest absolute Gasteiger partial charge is 0.0199 e. The Morgan fingerprint density at radius 3 is 2.06 bits per heavy atom. The summed E-state index contributed by atoms with van der Waals surface area (Å²) < 4.78 is 0. The molecule has 108 valence electrons. The summed E-state index contributed by atoms with van der Waals surface area (Å²) in [6.07, 6.45) is 11.3. The largest absolute Gasteiger partial charge is 0.310 e. The molecule has 0 heterocycles. The number of likely N-dealkylation sites (N-methyl/N-ethyl adjacent to an activating group) is 1. The second-order valence-corrected chi connectivity index (χ2v) is 6.80. The van der Waals surface area contributed by atoms with Crippen molar-refractivity contribution in [2.24, 2.45) is 5.92 Å². The summed E-state index contributed by atoms with van der Waals surface area (Å²) in [5.74, 6) is 0.788. The zero-order valence-corrected chi connectivity index (χ0v) is 13.0. The second kappa shape index (κ2) is 8.92. The monoisotopic (exact) mass is 254 g/mol. The Balaban J connectivity index is 2.40. The van der Waals surface area contributed by atoms with Gasteiger partial charge in [-0.15, -0.1) is 0 Å². The van der Waals surface area contributed by atoms with Crippen molar-refractivity contribution in [2.75, 3.05) is 20.6 Å². The highest BCUT2D eigenvalue weighted by molar-refractivity contribution is 4.78. The standard InChI is InChI=1S/C16H34N2/c1-14(2)12-16(13-18(3)4)17-15-10-8-6-5-7-9-11-15/h14-17H,5-13H2,1-4H3. The second-order valence-electron chi connectivity index (χ2n) is 6.80. The fourth-order valence-corrected chi connectivity index (χ4v) is 3.16. The van der Waals surface area contributed by atoms with Crippen LogP contribution in [0.5, 0.6) is 0 Å². The van der Waals surface area contributed by atoms with Crippen LogP contribution >= 0.6 is 0 Å². The molecule has 0 spiro atoms. The highest BCUT2D eigenvalue weighted by Gasteiger charge is 2.18. The maximum absolute atomic E-state index is 3.94. The summed E-state index contributed by atoms with van der Waals surface area (Å²) in [7, 11) is 4.38. The van der Waals surface area contributed by atoms with Gasteiger partial charge in [0.25, 0.3) is 0 Å². The van der Waals surface area contributed by atoms with Gasteiger partial charge < -0.3 is 10.2 Å². The van der Waals surface area contributed by atoms with Crippen molar-refractivity contribution in [1.29, 1.82) is 0 Å². The van der Waals surface area contributed by atoms with Crippen LogP contribution in [0.15, 0.2) is 0 Å². The summed E-state index contributed by atoms with van der Waals surface area (Å²) >= 11 is 0. The Morgan fingerprint density at radius 2 is 1.56 bits per heavy atom. The first-order valence-electron chi connectivity index (χ1n) is 7.98. The SMILES string of the molecule is CC(C)CC(CN(C)C)NC1CCCCCCC1. The van der Waals surface area contributed by atoms with E-state index in [9.17, 15) is 0 Å². The fraction of sp³-hybridized carbons (Fsp3) is 1.00. The van der Waals surface area contributed by atoms with Crippen molar-refractivity contribution in [3.8, 4) is 0 Å². The van der Waals surface area contributed by atoms with Gasteiger partial charge in [0, 0.05) is 18.6 Å². The van der Waals surface area contributed by atoms with E-state index in [4.69, 9.17) is 0 Å². The summed E-state index contributed by atoms with van der Waals surface area (Å²) in [6, 6.07) is 1.44. The Morgan fingerprint density at radius 1 is 1.00 bits per heavy atom. The molecule has 1 saturated carbocycles. The molecule has 1 unspecified atom stereocenters. The van der Waals surface area contributed by atoms with Crippen molar-refractivity contribution >= 4 is 0 Å². The van der Waals surface area contributed by atoms with E-state index in [0.29, 0.717) is 6.04 Å². The first-order chi connectivity index (χ1) is 8.58. The van der Waals surface area contributed by atoms with Gasteiger partial charge in [0.15, 0.2) is 0 Å². The first-order valence-corrected chi connectivity index (χ1v) is 7.98. The minimum Gasteiger partial charge on any atom is -0.310 e. The first kappa shape index (κ1) is 16.0. The predicted molar refractivity (Wildman–Crippen MR) is 81.0 cm³/mol. The van der Waals surface area contributed by atoms with Crippen molar-refractivity contribution in [1.82, 2.24) is 10.2 Å². The lowest BCUT2D eigenvalue weighted by molar-refractivity contribution is 0.267. The van der Waals surface area contributed by atoms with Gasteiger partial charge >= 0.3 is 0 Å². The van der Waals surface area contributed by atoms with E-state index in [0.717, 1.165) is 12.0 Å². The molecule has 0 bridgehead atoms. The quantitative estimate of drug-likeness (QED) is 0.778. The number of nitrogens with zero attached hydrogens (tertiary/aromatic N) is 1. The highest BCUT2D eigenvalue weighted by Crippen LogP contribution is 2.18. The van der Waals surface area contributed by atoms with Crippen LogP contribution in [-0.4, -0.2) is 37.6 Å². The molecule has 2 heteroatoms. The average molecular weight is 254 g/mol. The summed E-state index contributed by atoms with van der Waals surface area (Å²) in [4.78, 5) is 2.32. The lowest BCUT2D eigenvalue weighted by atomic mass is 9.95. The Labute approximate surface area is 115 Å². The third-order valence-electron chi connectivity index (χ3n) is 3.92. The zero-order chi connectivity index (χ0) is 13.4. The van der Waals surface area contributed by atoms with Gasteiger partial charge in [-0.2, -0.15) is 0 Å². The Hall–Kier alpha value is -0.0800. The molecule has 1 N–H and O–H groups in total. The molecule has 1 fully saturated rings. The van der Waals surface area contributed by atoms with Crippen LogP contribution in [0, 0.1) is 5.92 Å². The van der Waals surface area contributed by atoms with E-state index in [2.05, 4.69) is 38.2 Å². The van der Waals surface area contributed by atoms with Crippen LogP contribution in [0.2, 0.25) is 0 Å². The minimum absolute atomic E-state index is 0.671. The van der Waals surface area contributed by atoms with Crippen LogP contribution in [-0.2, 0) is 0 Å². The third kappa shape index (κ3) is 7.38. The van der Waals surface area contributed by atoms with Crippen LogP contribution in [0.4, 0.5) is 0 Å². The van der Waals surface area contributed by atoms with Crippen LogP contribution < -0.4 is 5.32 Å². The molecule has 1 rings (SSSR count). The Kier molecular flexibility index (Phi) is 7.92. The van der Waals surface area contributed by atoms with E-state index in [-0.39, 0.29) is 0 Å². The maximum Gasteiger partial charge on any atom is 0.0199 e. The number of rotatable bonds is 6. The minimum atomic E-state index is 0.671. The third-order valence-corrected chi connectivity index (χ3v) is 3.92. The molecule has 0 radical (unpaired) electrons. The van der Waals surface area contributed by atoms with E-state index in [1.54, 1.807) is 0 Å². The van der Waals surface area contributed by atoms with Gasteiger partial charge in [0.05, 0.1) is 0 Å². The maximum atomic E-state index is 3.94. The molecular weight excluding hydrogens is 220 g/mol.